The maximum absolute atomic E-state index is 7.53. The van der Waals surface area contributed by atoms with Gasteiger partial charge in [-0.1, -0.05) is 159 Å². The highest BCUT2D eigenvalue weighted by molar-refractivity contribution is 6.15. The molecule has 4 aromatic carbocycles. The number of benzene rings is 4. The van der Waals surface area contributed by atoms with Crippen molar-refractivity contribution in [2.75, 3.05) is 0 Å². The van der Waals surface area contributed by atoms with E-state index in [0.717, 1.165) is 18.4 Å². The average Bonchev–Trinajstić information content (AvgIpc) is 3.12. The molecular formula is C43H61N. The number of rotatable bonds is 7. The molecule has 1 nitrogen and oxygen atoms in total. The lowest BCUT2D eigenvalue weighted by Crippen LogP contribution is -1.97. The SMILES string of the molecule is C/C=C(\C=N)C/C=C\C(C)c1c2ccccc2c(-c2ccc(CC)cc2)c2ccccc12.C/C=C\C.C=C.CC.CC.CC. The molecule has 1 unspecified atom stereocenters. The van der Waals surface area contributed by atoms with Crippen LogP contribution in [-0.2, 0) is 6.42 Å². The van der Waals surface area contributed by atoms with Crippen molar-refractivity contribution in [3.8, 4) is 11.1 Å². The Balaban J connectivity index is 0. The molecule has 0 radical (unpaired) electrons. The Hall–Kier alpha value is -3.97. The van der Waals surface area contributed by atoms with Crippen LogP contribution in [-0.4, -0.2) is 6.21 Å². The monoisotopic (exact) mass is 591 g/mol. The lowest BCUT2D eigenvalue weighted by molar-refractivity contribution is 0.983. The second kappa shape index (κ2) is 26.6. The highest BCUT2D eigenvalue weighted by atomic mass is 14.3. The number of allylic oxidation sites excluding steroid dienone is 6. The minimum absolute atomic E-state index is 0.269. The van der Waals surface area contributed by atoms with Crippen molar-refractivity contribution >= 4 is 27.8 Å². The fourth-order valence-electron chi connectivity index (χ4n) is 4.64. The van der Waals surface area contributed by atoms with Gasteiger partial charge in [-0.3, -0.25) is 0 Å². The van der Waals surface area contributed by atoms with Gasteiger partial charge in [0, 0.05) is 12.1 Å². The predicted octanol–water partition coefficient (Wildman–Crippen LogP) is 14.3. The van der Waals surface area contributed by atoms with Crippen LogP contribution in [0.25, 0.3) is 32.7 Å². The van der Waals surface area contributed by atoms with E-state index in [1.54, 1.807) is 0 Å². The second-order valence-electron chi connectivity index (χ2n) is 9.03. The maximum atomic E-state index is 7.53. The van der Waals surface area contributed by atoms with Crippen molar-refractivity contribution in [3.63, 3.8) is 0 Å². The van der Waals surface area contributed by atoms with Gasteiger partial charge in [-0.2, -0.15) is 0 Å². The summed E-state index contributed by atoms with van der Waals surface area (Å²) < 4.78 is 0. The zero-order chi connectivity index (χ0) is 33.9. The minimum Gasteiger partial charge on any atom is -0.308 e. The first-order chi connectivity index (χ1) is 21.6. The molecular weight excluding hydrogens is 530 g/mol. The fraction of sp³-hybridized carbons (Fsp3) is 0.326. The summed E-state index contributed by atoms with van der Waals surface area (Å²) >= 11 is 0. The Morgan fingerprint density at radius 2 is 1.14 bits per heavy atom. The van der Waals surface area contributed by atoms with Crippen LogP contribution in [0.3, 0.4) is 0 Å². The average molecular weight is 592 g/mol. The van der Waals surface area contributed by atoms with E-state index in [-0.39, 0.29) is 5.92 Å². The summed E-state index contributed by atoms with van der Waals surface area (Å²) in [6.45, 7) is 28.5. The van der Waals surface area contributed by atoms with Crippen molar-refractivity contribution in [1.29, 1.82) is 5.41 Å². The molecule has 4 aromatic rings. The quantitative estimate of drug-likeness (QED) is 0.126. The van der Waals surface area contributed by atoms with E-state index in [9.17, 15) is 0 Å². The van der Waals surface area contributed by atoms with Gasteiger partial charge < -0.3 is 5.41 Å². The molecule has 0 aliphatic heterocycles. The highest BCUT2D eigenvalue weighted by Crippen LogP contribution is 2.42. The molecule has 1 N–H and O–H groups in total. The van der Waals surface area contributed by atoms with Crippen molar-refractivity contribution in [3.05, 3.63) is 133 Å². The molecule has 238 valence electrons. The Labute approximate surface area is 271 Å². The molecule has 0 aliphatic carbocycles. The minimum atomic E-state index is 0.269. The largest absolute Gasteiger partial charge is 0.308 e. The standard InChI is InChI=1S/C31H31N.C4H8.3C2H6.C2H4/c1-4-23-17-19-25(20-18-23)31-28-15-8-6-13-26(28)30(27-14-7-9-16-29(27)31)22(3)11-10-12-24(5-2)21-32;1-3-4-2;4*1-2/h5-11,13-22,32H,4,12H2,1-3H3;3-4H,1-2H3;3*1-2H3;1-2H2/b11-10-,24-5-,32-21?;4-3-;;;;. The van der Waals surface area contributed by atoms with Gasteiger partial charge in [-0.15, -0.1) is 13.2 Å². The Morgan fingerprint density at radius 1 is 0.705 bits per heavy atom. The van der Waals surface area contributed by atoms with Crippen molar-refractivity contribution in [2.24, 2.45) is 0 Å². The molecule has 0 saturated carbocycles. The van der Waals surface area contributed by atoms with Crippen LogP contribution in [0.15, 0.2) is 122 Å². The van der Waals surface area contributed by atoms with Crippen molar-refractivity contribution in [1.82, 2.24) is 0 Å². The lowest BCUT2D eigenvalue weighted by atomic mass is 9.84. The molecule has 1 heteroatoms. The van der Waals surface area contributed by atoms with Crippen LogP contribution in [0.1, 0.15) is 99.6 Å². The van der Waals surface area contributed by atoms with Gasteiger partial charge in [0.05, 0.1) is 0 Å². The second-order valence-corrected chi connectivity index (χ2v) is 9.03. The molecule has 0 spiro atoms. The smallest absolute Gasteiger partial charge is 0.0209 e. The number of hydrogen-bond donors (Lipinski definition) is 1. The van der Waals surface area contributed by atoms with E-state index in [0.29, 0.717) is 0 Å². The molecule has 0 aromatic heterocycles. The summed E-state index contributed by atoms with van der Waals surface area (Å²) in [7, 11) is 0. The zero-order valence-corrected chi connectivity index (χ0v) is 29.8. The maximum Gasteiger partial charge on any atom is 0.0209 e. The van der Waals surface area contributed by atoms with Crippen LogP contribution in [0, 0.1) is 5.41 Å². The van der Waals surface area contributed by atoms with Crippen LogP contribution >= 0.6 is 0 Å². The van der Waals surface area contributed by atoms with Crippen molar-refractivity contribution < 1.29 is 0 Å². The summed E-state index contributed by atoms with van der Waals surface area (Å²) in [5.41, 5.74) is 6.36. The van der Waals surface area contributed by atoms with Crippen LogP contribution < -0.4 is 0 Å². The van der Waals surface area contributed by atoms with E-state index >= 15 is 0 Å². The number of aryl methyl sites for hydroxylation is 1. The van der Waals surface area contributed by atoms with Gasteiger partial charge in [0.15, 0.2) is 0 Å². The van der Waals surface area contributed by atoms with Gasteiger partial charge in [0.2, 0.25) is 0 Å². The summed E-state index contributed by atoms with van der Waals surface area (Å²) in [5.74, 6) is 0.269. The molecule has 1 atom stereocenters. The topological polar surface area (TPSA) is 23.9 Å². The summed E-state index contributed by atoms with van der Waals surface area (Å²) in [6, 6.07) is 26.7. The molecule has 0 aliphatic rings. The molecule has 0 heterocycles. The van der Waals surface area contributed by atoms with Crippen LogP contribution in [0.5, 0.6) is 0 Å². The third kappa shape index (κ3) is 12.3. The van der Waals surface area contributed by atoms with Crippen molar-refractivity contribution in [2.45, 2.75) is 94.9 Å². The van der Waals surface area contributed by atoms with Crippen LogP contribution in [0.4, 0.5) is 0 Å². The summed E-state index contributed by atoms with van der Waals surface area (Å²) in [4.78, 5) is 0. The fourth-order valence-corrected chi connectivity index (χ4v) is 4.64. The normalized spacial score (nSPS) is 10.9. The number of hydrogen-bond acceptors (Lipinski definition) is 1. The third-order valence-corrected chi connectivity index (χ3v) is 6.75. The highest BCUT2D eigenvalue weighted by Gasteiger charge is 2.17. The number of nitrogens with one attached hydrogen (secondary N) is 1. The van der Waals surface area contributed by atoms with Crippen LogP contribution in [0.2, 0.25) is 0 Å². The first kappa shape index (κ1) is 42.2. The zero-order valence-electron chi connectivity index (χ0n) is 29.8. The van der Waals surface area contributed by atoms with E-state index in [1.807, 2.05) is 80.5 Å². The molecule has 0 fully saturated rings. The lowest BCUT2D eigenvalue weighted by Gasteiger charge is -2.20. The number of fused-ring (bicyclic) bond motifs is 2. The van der Waals surface area contributed by atoms with Gasteiger partial charge >= 0.3 is 0 Å². The van der Waals surface area contributed by atoms with E-state index in [2.05, 4.69) is 112 Å². The molecule has 44 heavy (non-hydrogen) atoms. The predicted molar refractivity (Wildman–Crippen MR) is 207 cm³/mol. The third-order valence-electron chi connectivity index (χ3n) is 6.75. The van der Waals surface area contributed by atoms with Gasteiger partial charge in [0.25, 0.3) is 0 Å². The van der Waals surface area contributed by atoms with E-state index in [1.165, 1.54) is 50.0 Å². The van der Waals surface area contributed by atoms with E-state index < -0.39 is 0 Å². The van der Waals surface area contributed by atoms with Gasteiger partial charge in [-0.25, -0.2) is 0 Å². The van der Waals surface area contributed by atoms with E-state index in [4.69, 9.17) is 5.41 Å². The molecule has 4 rings (SSSR count). The first-order valence-corrected chi connectivity index (χ1v) is 16.5. The van der Waals surface area contributed by atoms with Gasteiger partial charge in [-0.05, 0) is 83.0 Å². The molecule has 0 saturated heterocycles. The summed E-state index contributed by atoms with van der Waals surface area (Å²) in [5, 5.41) is 12.8. The summed E-state index contributed by atoms with van der Waals surface area (Å²) in [6.07, 6.45) is 13.8. The Morgan fingerprint density at radius 3 is 1.50 bits per heavy atom. The van der Waals surface area contributed by atoms with Gasteiger partial charge in [0.1, 0.15) is 0 Å². The first-order valence-electron chi connectivity index (χ1n) is 16.5. The Kier molecular flexibility index (Phi) is 25.5. The molecule has 0 amide bonds. The Bertz CT molecular complexity index is 1340. The molecule has 0 bridgehead atoms.